The van der Waals surface area contributed by atoms with Crippen molar-refractivity contribution in [3.05, 3.63) is 23.6 Å². The third kappa shape index (κ3) is 0.885. The average Bonchev–Trinajstić information content (AvgIpc) is 1.91. The fourth-order valence-corrected chi connectivity index (χ4v) is 1.44. The van der Waals surface area contributed by atoms with Crippen molar-refractivity contribution >= 4 is 11.8 Å². The van der Waals surface area contributed by atoms with Gasteiger partial charge >= 0.3 is 0 Å². The van der Waals surface area contributed by atoms with Crippen molar-refractivity contribution in [1.29, 1.82) is 0 Å². The molecule has 38 valence electrons. The summed E-state index contributed by atoms with van der Waals surface area (Å²) in [7, 11) is 0. The largest absolute Gasteiger partial charge is 0.126 e. The molecule has 1 heterocycles. The maximum atomic E-state index is 3.81. The predicted octanol–water partition coefficient (Wildman–Crippen LogP) is 2.19. The average molecular weight is 112 g/mol. The first kappa shape index (κ1) is 4.98. The molecule has 1 saturated heterocycles. The summed E-state index contributed by atoms with van der Waals surface area (Å²) in [5.74, 6) is 1.19. The molecule has 0 amide bonds. The van der Waals surface area contributed by atoms with E-state index in [1.165, 1.54) is 16.2 Å². The van der Waals surface area contributed by atoms with Crippen molar-refractivity contribution in [2.75, 3.05) is 5.75 Å². The molecule has 0 unspecified atom stereocenters. The minimum absolute atomic E-state index is 1.14. The van der Waals surface area contributed by atoms with Gasteiger partial charge in [0.05, 0.1) is 0 Å². The van der Waals surface area contributed by atoms with E-state index in [0.717, 1.165) is 6.42 Å². The normalized spacial score (nSPS) is 21.1. The molecule has 0 nitrogen and oxygen atoms in total. The first-order valence-corrected chi connectivity index (χ1v) is 3.29. The summed E-state index contributed by atoms with van der Waals surface area (Å²) in [5.41, 5.74) is 1.23. The Hall–Kier alpha value is -0.170. The van der Waals surface area contributed by atoms with Crippen LogP contribution in [0.25, 0.3) is 0 Å². The number of rotatable bonds is 0. The van der Waals surface area contributed by atoms with E-state index < -0.39 is 0 Å². The second kappa shape index (κ2) is 1.74. The minimum atomic E-state index is 1.14. The van der Waals surface area contributed by atoms with Gasteiger partial charge in [-0.2, -0.15) is 0 Å². The standard InChI is InChI=1S/C6H8S/c1-5-3-4-7-6(5)2/h1-4H2. The van der Waals surface area contributed by atoms with Gasteiger partial charge in [-0.15, -0.1) is 11.8 Å². The quantitative estimate of drug-likeness (QED) is 0.463. The van der Waals surface area contributed by atoms with Crippen LogP contribution >= 0.6 is 11.8 Å². The molecule has 1 fully saturated rings. The molecule has 0 aromatic carbocycles. The molecule has 0 atom stereocenters. The summed E-state index contributed by atoms with van der Waals surface area (Å²) in [6, 6.07) is 0. The monoisotopic (exact) mass is 112 g/mol. The Balaban J connectivity index is 2.65. The van der Waals surface area contributed by atoms with Crippen LogP contribution in [0.2, 0.25) is 0 Å². The van der Waals surface area contributed by atoms with Gasteiger partial charge in [-0.05, 0) is 12.0 Å². The zero-order chi connectivity index (χ0) is 5.28. The lowest BCUT2D eigenvalue weighted by molar-refractivity contribution is 1.21. The zero-order valence-electron chi connectivity index (χ0n) is 4.24. The van der Waals surface area contributed by atoms with Crippen LogP contribution in [0.5, 0.6) is 0 Å². The van der Waals surface area contributed by atoms with Crippen molar-refractivity contribution in [3.8, 4) is 0 Å². The first-order chi connectivity index (χ1) is 3.30. The van der Waals surface area contributed by atoms with Crippen LogP contribution < -0.4 is 0 Å². The molecule has 0 aromatic heterocycles. The van der Waals surface area contributed by atoms with Crippen LogP contribution in [-0.4, -0.2) is 5.75 Å². The Labute approximate surface area is 48.3 Å². The van der Waals surface area contributed by atoms with Crippen molar-refractivity contribution in [2.24, 2.45) is 0 Å². The van der Waals surface area contributed by atoms with E-state index in [1.807, 2.05) is 11.8 Å². The number of thioether (sulfide) groups is 1. The molecule has 0 bridgehead atoms. The summed E-state index contributed by atoms with van der Waals surface area (Å²) in [4.78, 5) is 1.18. The van der Waals surface area contributed by atoms with E-state index in [9.17, 15) is 0 Å². The Morgan fingerprint density at radius 3 is 2.29 bits per heavy atom. The fraction of sp³-hybridized carbons (Fsp3) is 0.333. The molecule has 0 aromatic rings. The van der Waals surface area contributed by atoms with Crippen LogP contribution in [0, 0.1) is 0 Å². The lowest BCUT2D eigenvalue weighted by atomic mass is 10.2. The highest BCUT2D eigenvalue weighted by Crippen LogP contribution is 2.32. The second-order valence-corrected chi connectivity index (χ2v) is 2.81. The van der Waals surface area contributed by atoms with E-state index in [4.69, 9.17) is 0 Å². The molecule has 1 heteroatoms. The summed E-state index contributed by atoms with van der Waals surface area (Å²) < 4.78 is 0. The third-order valence-corrected chi connectivity index (χ3v) is 2.12. The molecule has 0 radical (unpaired) electrons. The number of allylic oxidation sites excluding steroid dienone is 1. The van der Waals surface area contributed by atoms with E-state index in [2.05, 4.69) is 13.2 Å². The van der Waals surface area contributed by atoms with Crippen molar-refractivity contribution in [2.45, 2.75) is 6.42 Å². The second-order valence-electron chi connectivity index (χ2n) is 1.63. The SMILES string of the molecule is C=C1CCSC1=C. The molecule has 1 aliphatic rings. The molecule has 0 saturated carbocycles. The zero-order valence-corrected chi connectivity index (χ0v) is 5.05. The van der Waals surface area contributed by atoms with Crippen LogP contribution in [0.1, 0.15) is 6.42 Å². The Morgan fingerprint density at radius 1 is 1.43 bits per heavy atom. The maximum Gasteiger partial charge on any atom is 0.00266 e. The van der Waals surface area contributed by atoms with Gasteiger partial charge in [0.15, 0.2) is 0 Å². The highest BCUT2D eigenvalue weighted by Gasteiger charge is 2.07. The van der Waals surface area contributed by atoms with E-state index in [-0.39, 0.29) is 0 Å². The van der Waals surface area contributed by atoms with Crippen LogP contribution in [-0.2, 0) is 0 Å². The van der Waals surface area contributed by atoms with Gasteiger partial charge in [-0.3, -0.25) is 0 Å². The Kier molecular flexibility index (Phi) is 1.24. The van der Waals surface area contributed by atoms with Crippen LogP contribution in [0.15, 0.2) is 23.6 Å². The van der Waals surface area contributed by atoms with Crippen molar-refractivity contribution < 1.29 is 0 Å². The molecule has 0 spiro atoms. The van der Waals surface area contributed by atoms with Gasteiger partial charge in [0.25, 0.3) is 0 Å². The van der Waals surface area contributed by atoms with Crippen LogP contribution in [0.3, 0.4) is 0 Å². The molecule has 7 heavy (non-hydrogen) atoms. The van der Waals surface area contributed by atoms with Crippen LogP contribution in [0.4, 0.5) is 0 Å². The molecular formula is C6H8S. The Morgan fingerprint density at radius 2 is 2.14 bits per heavy atom. The van der Waals surface area contributed by atoms with E-state index in [1.54, 1.807) is 0 Å². The van der Waals surface area contributed by atoms with Crippen molar-refractivity contribution in [1.82, 2.24) is 0 Å². The van der Waals surface area contributed by atoms with Gasteiger partial charge in [0.1, 0.15) is 0 Å². The van der Waals surface area contributed by atoms with Gasteiger partial charge in [0, 0.05) is 10.7 Å². The lowest BCUT2D eigenvalue weighted by Gasteiger charge is -1.86. The topological polar surface area (TPSA) is 0 Å². The Bertz CT molecular complexity index is 99.3. The smallest absolute Gasteiger partial charge is 0.00266 e. The van der Waals surface area contributed by atoms with Gasteiger partial charge in [0.2, 0.25) is 0 Å². The fourth-order valence-electron chi connectivity index (χ4n) is 0.539. The summed E-state index contributed by atoms with van der Waals surface area (Å²) in [6.07, 6.45) is 1.14. The number of hydrogen-bond donors (Lipinski definition) is 0. The minimum Gasteiger partial charge on any atom is -0.126 e. The summed E-state index contributed by atoms with van der Waals surface area (Å²) in [6.45, 7) is 7.61. The molecular weight excluding hydrogens is 104 g/mol. The van der Waals surface area contributed by atoms with E-state index >= 15 is 0 Å². The molecule has 0 N–H and O–H groups in total. The summed E-state index contributed by atoms with van der Waals surface area (Å²) >= 11 is 1.81. The van der Waals surface area contributed by atoms with E-state index in [0.29, 0.717) is 0 Å². The van der Waals surface area contributed by atoms with Crippen molar-refractivity contribution in [3.63, 3.8) is 0 Å². The lowest BCUT2D eigenvalue weighted by Crippen LogP contribution is -1.66. The van der Waals surface area contributed by atoms with Gasteiger partial charge in [-0.1, -0.05) is 13.2 Å². The van der Waals surface area contributed by atoms with Gasteiger partial charge < -0.3 is 0 Å². The highest BCUT2D eigenvalue weighted by atomic mass is 32.2. The molecule has 0 aliphatic carbocycles. The third-order valence-electron chi connectivity index (χ3n) is 1.07. The highest BCUT2D eigenvalue weighted by molar-refractivity contribution is 8.03. The van der Waals surface area contributed by atoms with Gasteiger partial charge in [-0.25, -0.2) is 0 Å². The first-order valence-electron chi connectivity index (χ1n) is 2.30. The molecule has 1 rings (SSSR count). The maximum absolute atomic E-state index is 3.81. The molecule has 1 aliphatic heterocycles. The number of hydrogen-bond acceptors (Lipinski definition) is 1. The summed E-state index contributed by atoms with van der Waals surface area (Å²) in [5, 5.41) is 0. The predicted molar refractivity (Wildman–Crippen MR) is 35.4 cm³/mol.